The summed E-state index contributed by atoms with van der Waals surface area (Å²) < 4.78 is 21.2. The van der Waals surface area contributed by atoms with Gasteiger partial charge in [0.25, 0.3) is 0 Å². The molecule has 6 rings (SSSR count). The van der Waals surface area contributed by atoms with Crippen molar-refractivity contribution in [1.29, 1.82) is 0 Å². The van der Waals surface area contributed by atoms with Gasteiger partial charge in [-0.3, -0.25) is 4.98 Å². The molecule has 2 unspecified atom stereocenters. The standard InChI is InChI=1S/C24H20ClFN4O2/c1-32-24-28-22-17(23(29-24)30-10-13-5-6-14(13)11-30)9-27-21(20(22)26)16-8-15(31)7-12-3-2-4-18(25)19(12)16/h2-4,7-9,13-14,31H,5-6,10-11H2,1H3. The van der Waals surface area contributed by atoms with Crippen molar-refractivity contribution in [1.82, 2.24) is 15.0 Å². The molecule has 0 spiro atoms. The number of rotatable bonds is 3. The number of hydrogen-bond donors (Lipinski definition) is 1. The predicted molar refractivity (Wildman–Crippen MR) is 122 cm³/mol. The number of aromatic nitrogens is 3. The fraction of sp³-hybridized carbons (Fsp3) is 0.292. The molecule has 1 aliphatic heterocycles. The van der Waals surface area contributed by atoms with Gasteiger partial charge in [0.1, 0.15) is 22.8 Å². The molecule has 2 fully saturated rings. The molecule has 4 aromatic rings. The number of pyridine rings is 1. The maximum Gasteiger partial charge on any atom is 0.318 e. The third-order valence-corrected chi connectivity index (χ3v) is 7.09. The molecule has 0 radical (unpaired) electrons. The van der Waals surface area contributed by atoms with Crippen molar-refractivity contribution in [3.05, 3.63) is 47.4 Å². The number of phenols is 1. The molecule has 2 atom stereocenters. The zero-order chi connectivity index (χ0) is 22.0. The number of ether oxygens (including phenoxy) is 1. The van der Waals surface area contributed by atoms with Crippen molar-refractivity contribution in [3.8, 4) is 23.0 Å². The molecule has 2 aliphatic rings. The van der Waals surface area contributed by atoms with Crippen LogP contribution < -0.4 is 9.64 Å². The summed E-state index contributed by atoms with van der Waals surface area (Å²) in [5.74, 6) is 1.40. The summed E-state index contributed by atoms with van der Waals surface area (Å²) >= 11 is 6.44. The summed E-state index contributed by atoms with van der Waals surface area (Å²) in [4.78, 5) is 15.5. The summed E-state index contributed by atoms with van der Waals surface area (Å²) in [7, 11) is 1.47. The molecule has 0 bridgehead atoms. The first-order valence-electron chi connectivity index (χ1n) is 10.6. The third-order valence-electron chi connectivity index (χ3n) is 6.78. The molecule has 32 heavy (non-hydrogen) atoms. The molecule has 0 amide bonds. The molecule has 2 aromatic heterocycles. The van der Waals surface area contributed by atoms with Gasteiger partial charge in [-0.2, -0.15) is 9.97 Å². The lowest BCUT2D eigenvalue weighted by Crippen LogP contribution is -2.22. The van der Waals surface area contributed by atoms with Gasteiger partial charge in [0.2, 0.25) is 0 Å². The van der Waals surface area contributed by atoms with Crippen molar-refractivity contribution >= 4 is 39.1 Å². The molecule has 8 heteroatoms. The van der Waals surface area contributed by atoms with E-state index in [1.807, 2.05) is 6.07 Å². The molecule has 1 N–H and O–H groups in total. The van der Waals surface area contributed by atoms with Crippen molar-refractivity contribution in [2.45, 2.75) is 12.8 Å². The number of methoxy groups -OCH3 is 1. The third kappa shape index (κ3) is 2.88. The van der Waals surface area contributed by atoms with Crippen LogP contribution in [0.1, 0.15) is 12.8 Å². The number of anilines is 1. The summed E-state index contributed by atoms with van der Waals surface area (Å²) in [6, 6.07) is 8.51. The smallest absolute Gasteiger partial charge is 0.318 e. The fourth-order valence-electron chi connectivity index (χ4n) is 5.03. The SMILES string of the molecule is COc1nc(N2CC3CCC3C2)c2cnc(-c3cc(O)cc4cccc(Cl)c34)c(F)c2n1. The summed E-state index contributed by atoms with van der Waals surface area (Å²) in [6.45, 7) is 1.80. The van der Waals surface area contributed by atoms with E-state index in [2.05, 4.69) is 19.9 Å². The summed E-state index contributed by atoms with van der Waals surface area (Å²) in [5.41, 5.74) is 0.614. The highest BCUT2D eigenvalue weighted by molar-refractivity contribution is 6.36. The van der Waals surface area contributed by atoms with E-state index < -0.39 is 5.82 Å². The van der Waals surface area contributed by atoms with Crippen LogP contribution in [0.5, 0.6) is 11.8 Å². The quantitative estimate of drug-likeness (QED) is 0.462. The van der Waals surface area contributed by atoms with Crippen LogP contribution in [0.25, 0.3) is 32.9 Å². The second-order valence-electron chi connectivity index (χ2n) is 8.55. The Morgan fingerprint density at radius 3 is 2.66 bits per heavy atom. The van der Waals surface area contributed by atoms with E-state index >= 15 is 4.39 Å². The minimum absolute atomic E-state index is 0.00422. The Morgan fingerprint density at radius 1 is 1.16 bits per heavy atom. The Kier molecular flexibility index (Phi) is 4.37. The van der Waals surface area contributed by atoms with Crippen molar-refractivity contribution in [3.63, 3.8) is 0 Å². The van der Waals surface area contributed by atoms with Crippen LogP contribution in [-0.4, -0.2) is 40.3 Å². The minimum Gasteiger partial charge on any atom is -0.508 e. The highest BCUT2D eigenvalue weighted by Crippen LogP contribution is 2.44. The molecule has 1 aliphatic carbocycles. The van der Waals surface area contributed by atoms with E-state index in [-0.39, 0.29) is 23.0 Å². The number of benzene rings is 2. The average molecular weight is 451 g/mol. The van der Waals surface area contributed by atoms with Gasteiger partial charge in [0.05, 0.1) is 12.5 Å². The number of fused-ring (bicyclic) bond motifs is 3. The Bertz CT molecular complexity index is 1380. The van der Waals surface area contributed by atoms with Crippen LogP contribution in [0.3, 0.4) is 0 Å². The van der Waals surface area contributed by atoms with E-state index in [1.165, 1.54) is 26.0 Å². The van der Waals surface area contributed by atoms with Gasteiger partial charge in [-0.1, -0.05) is 23.7 Å². The number of halogens is 2. The van der Waals surface area contributed by atoms with Crippen LogP contribution in [0.15, 0.2) is 36.5 Å². The van der Waals surface area contributed by atoms with E-state index in [0.717, 1.165) is 13.1 Å². The lowest BCUT2D eigenvalue weighted by Gasteiger charge is -2.27. The normalized spacial score (nSPS) is 19.9. The molecular formula is C24H20ClFN4O2. The van der Waals surface area contributed by atoms with Crippen LogP contribution in [0.4, 0.5) is 10.2 Å². The monoisotopic (exact) mass is 450 g/mol. The van der Waals surface area contributed by atoms with Gasteiger partial charge in [-0.15, -0.1) is 0 Å². The molecule has 2 aromatic carbocycles. The van der Waals surface area contributed by atoms with E-state index in [1.54, 1.807) is 24.4 Å². The summed E-state index contributed by atoms with van der Waals surface area (Å²) in [6.07, 6.45) is 4.06. The molecule has 3 heterocycles. The maximum absolute atomic E-state index is 15.9. The van der Waals surface area contributed by atoms with Crippen molar-refractivity contribution in [2.75, 3.05) is 25.1 Å². The van der Waals surface area contributed by atoms with Crippen LogP contribution in [0.2, 0.25) is 5.02 Å². The minimum atomic E-state index is -0.599. The molecule has 6 nitrogen and oxygen atoms in total. The van der Waals surface area contributed by atoms with Gasteiger partial charge in [0, 0.05) is 35.3 Å². The Hall–Kier alpha value is -3.19. The zero-order valence-corrected chi connectivity index (χ0v) is 18.1. The van der Waals surface area contributed by atoms with Gasteiger partial charge in [-0.05, 0) is 48.3 Å². The topological polar surface area (TPSA) is 71.4 Å². The Labute approximate surface area is 188 Å². The number of hydrogen-bond acceptors (Lipinski definition) is 6. The largest absolute Gasteiger partial charge is 0.508 e. The number of aromatic hydroxyl groups is 1. The van der Waals surface area contributed by atoms with Gasteiger partial charge < -0.3 is 14.7 Å². The first kappa shape index (κ1) is 19.5. The van der Waals surface area contributed by atoms with Crippen LogP contribution in [0, 0.1) is 17.7 Å². The lowest BCUT2D eigenvalue weighted by atomic mass is 9.77. The lowest BCUT2D eigenvalue weighted by molar-refractivity contribution is 0.243. The highest BCUT2D eigenvalue weighted by atomic mass is 35.5. The Morgan fingerprint density at radius 2 is 1.94 bits per heavy atom. The van der Waals surface area contributed by atoms with E-state index in [0.29, 0.717) is 44.4 Å². The number of phenolic OH excluding ortho intramolecular Hbond substituents is 1. The predicted octanol–water partition coefficient (Wildman–Crippen LogP) is 5.20. The van der Waals surface area contributed by atoms with Crippen LogP contribution >= 0.6 is 11.6 Å². The molecule has 162 valence electrons. The average Bonchev–Trinajstić information content (AvgIpc) is 3.07. The zero-order valence-electron chi connectivity index (χ0n) is 17.3. The molecular weight excluding hydrogens is 431 g/mol. The second kappa shape index (κ2) is 7.17. The highest BCUT2D eigenvalue weighted by Gasteiger charge is 2.40. The number of nitrogens with zero attached hydrogens (tertiary/aromatic N) is 4. The summed E-state index contributed by atoms with van der Waals surface area (Å²) in [5, 5.41) is 12.6. The van der Waals surface area contributed by atoms with Crippen LogP contribution in [-0.2, 0) is 0 Å². The molecule has 1 saturated heterocycles. The first-order chi connectivity index (χ1) is 15.5. The second-order valence-corrected chi connectivity index (χ2v) is 8.96. The van der Waals surface area contributed by atoms with Gasteiger partial charge in [-0.25, -0.2) is 4.39 Å². The van der Waals surface area contributed by atoms with Crippen molar-refractivity contribution < 1.29 is 14.2 Å². The van der Waals surface area contributed by atoms with E-state index in [9.17, 15) is 5.11 Å². The van der Waals surface area contributed by atoms with E-state index in [4.69, 9.17) is 16.3 Å². The molecule has 1 saturated carbocycles. The first-order valence-corrected chi connectivity index (χ1v) is 11.0. The van der Waals surface area contributed by atoms with Gasteiger partial charge >= 0.3 is 6.01 Å². The maximum atomic E-state index is 15.9. The van der Waals surface area contributed by atoms with Gasteiger partial charge in [0.15, 0.2) is 5.82 Å². The Balaban J connectivity index is 1.58. The fourth-order valence-corrected chi connectivity index (χ4v) is 5.31. The van der Waals surface area contributed by atoms with Crippen molar-refractivity contribution in [2.24, 2.45) is 11.8 Å².